The highest BCUT2D eigenvalue weighted by atomic mass is 35.5. The third-order valence-electron chi connectivity index (χ3n) is 4.14. The summed E-state index contributed by atoms with van der Waals surface area (Å²) in [7, 11) is 0. The minimum Gasteiger partial charge on any atom is -0.370 e. The van der Waals surface area contributed by atoms with Gasteiger partial charge >= 0.3 is 0 Å². The number of ether oxygens (including phenoxy) is 1. The van der Waals surface area contributed by atoms with Gasteiger partial charge in [0, 0.05) is 18.2 Å². The highest BCUT2D eigenvalue weighted by Crippen LogP contribution is 2.32. The molecular weight excluding hydrogens is 296 g/mol. The van der Waals surface area contributed by atoms with E-state index in [1.807, 2.05) is 24.3 Å². The highest BCUT2D eigenvalue weighted by Gasteiger charge is 2.24. The van der Waals surface area contributed by atoms with Gasteiger partial charge in [-0.15, -0.1) is 0 Å². The Morgan fingerprint density at radius 2 is 2.05 bits per heavy atom. The zero-order chi connectivity index (χ0) is 14.9. The van der Waals surface area contributed by atoms with E-state index >= 15 is 0 Å². The first-order chi connectivity index (χ1) is 10.8. The normalized spacial score (nSPS) is 18.1. The predicted octanol–water partition coefficient (Wildman–Crippen LogP) is 4.59. The van der Waals surface area contributed by atoms with Crippen molar-refractivity contribution >= 4 is 22.6 Å². The standard InChI is InChI=1S/C18H17ClN2O/c19-14-8-9-15-16(11-14)21(12-13-5-2-1-3-6-13)18(20-15)17-7-4-10-22-17/h1-3,5-6,8-9,11,17H,4,7,10,12H2. The Balaban J connectivity index is 1.84. The Labute approximate surface area is 134 Å². The van der Waals surface area contributed by atoms with Crippen molar-refractivity contribution < 1.29 is 4.74 Å². The van der Waals surface area contributed by atoms with Crippen molar-refractivity contribution in [2.45, 2.75) is 25.5 Å². The number of hydrogen-bond acceptors (Lipinski definition) is 2. The summed E-state index contributed by atoms with van der Waals surface area (Å²) in [5.41, 5.74) is 3.30. The molecule has 2 aromatic carbocycles. The zero-order valence-electron chi connectivity index (χ0n) is 12.2. The molecule has 0 N–H and O–H groups in total. The molecule has 1 atom stereocenters. The lowest BCUT2D eigenvalue weighted by Gasteiger charge is -2.13. The van der Waals surface area contributed by atoms with Gasteiger partial charge in [0.05, 0.1) is 11.0 Å². The van der Waals surface area contributed by atoms with Crippen LogP contribution in [0.3, 0.4) is 0 Å². The summed E-state index contributed by atoms with van der Waals surface area (Å²) in [6.45, 7) is 1.60. The second-order valence-corrected chi connectivity index (χ2v) is 6.11. The van der Waals surface area contributed by atoms with Gasteiger partial charge < -0.3 is 9.30 Å². The van der Waals surface area contributed by atoms with Gasteiger partial charge in [0.1, 0.15) is 11.9 Å². The van der Waals surface area contributed by atoms with Gasteiger partial charge in [-0.1, -0.05) is 41.9 Å². The molecule has 0 spiro atoms. The maximum atomic E-state index is 6.19. The Bertz CT molecular complexity index is 791. The van der Waals surface area contributed by atoms with Crippen LogP contribution in [0.15, 0.2) is 48.5 Å². The number of benzene rings is 2. The monoisotopic (exact) mass is 312 g/mol. The second kappa shape index (κ2) is 5.75. The molecule has 0 radical (unpaired) electrons. The van der Waals surface area contributed by atoms with Crippen LogP contribution in [0.4, 0.5) is 0 Å². The van der Waals surface area contributed by atoms with Gasteiger partial charge in [0.25, 0.3) is 0 Å². The van der Waals surface area contributed by atoms with Crippen LogP contribution in [0.25, 0.3) is 11.0 Å². The van der Waals surface area contributed by atoms with Crippen LogP contribution in [0.1, 0.15) is 30.3 Å². The summed E-state index contributed by atoms with van der Waals surface area (Å²) < 4.78 is 8.10. The zero-order valence-corrected chi connectivity index (χ0v) is 13.0. The summed E-state index contributed by atoms with van der Waals surface area (Å²) in [4.78, 5) is 4.81. The first-order valence-electron chi connectivity index (χ1n) is 7.62. The summed E-state index contributed by atoms with van der Waals surface area (Å²) >= 11 is 6.19. The number of nitrogens with zero attached hydrogens (tertiary/aromatic N) is 2. The van der Waals surface area contributed by atoms with Crippen LogP contribution in [0.5, 0.6) is 0 Å². The van der Waals surface area contributed by atoms with Crippen LogP contribution in [-0.2, 0) is 11.3 Å². The van der Waals surface area contributed by atoms with Crippen molar-refractivity contribution in [1.29, 1.82) is 0 Å². The van der Waals surface area contributed by atoms with Crippen LogP contribution in [0, 0.1) is 0 Å². The van der Waals surface area contributed by atoms with E-state index in [9.17, 15) is 0 Å². The van der Waals surface area contributed by atoms with Crippen LogP contribution < -0.4 is 0 Å². The van der Waals surface area contributed by atoms with Crippen LogP contribution in [-0.4, -0.2) is 16.2 Å². The van der Waals surface area contributed by atoms with E-state index in [1.54, 1.807) is 0 Å². The van der Waals surface area contributed by atoms with Gasteiger partial charge in [-0.25, -0.2) is 4.98 Å². The van der Waals surface area contributed by atoms with Crippen LogP contribution >= 0.6 is 11.6 Å². The maximum absolute atomic E-state index is 6.19. The third-order valence-corrected chi connectivity index (χ3v) is 4.38. The Morgan fingerprint density at radius 1 is 1.18 bits per heavy atom. The van der Waals surface area contributed by atoms with E-state index < -0.39 is 0 Å². The molecule has 0 bridgehead atoms. The third kappa shape index (κ3) is 2.51. The first kappa shape index (κ1) is 13.8. The van der Waals surface area contributed by atoms with Gasteiger partial charge in [0.15, 0.2) is 0 Å². The molecule has 1 unspecified atom stereocenters. The lowest BCUT2D eigenvalue weighted by Crippen LogP contribution is -2.09. The average molecular weight is 313 g/mol. The molecule has 4 rings (SSSR count). The van der Waals surface area contributed by atoms with Crippen molar-refractivity contribution in [1.82, 2.24) is 9.55 Å². The molecule has 0 aliphatic carbocycles. The fourth-order valence-electron chi connectivity index (χ4n) is 3.07. The number of halogens is 1. The quantitative estimate of drug-likeness (QED) is 0.707. The molecule has 0 amide bonds. The van der Waals surface area contributed by atoms with Gasteiger partial charge in [-0.2, -0.15) is 0 Å². The number of aromatic nitrogens is 2. The SMILES string of the molecule is Clc1ccc2nc(C3CCCO3)n(Cc3ccccc3)c2c1. The minimum atomic E-state index is 0.0925. The maximum Gasteiger partial charge on any atom is 0.139 e. The fraction of sp³-hybridized carbons (Fsp3) is 0.278. The summed E-state index contributed by atoms with van der Waals surface area (Å²) in [5, 5.41) is 0.737. The molecule has 1 fully saturated rings. The van der Waals surface area contributed by atoms with Gasteiger partial charge in [-0.05, 0) is 36.6 Å². The summed E-state index contributed by atoms with van der Waals surface area (Å²) in [6, 6.07) is 16.3. The van der Waals surface area contributed by atoms with E-state index in [0.29, 0.717) is 0 Å². The van der Waals surface area contributed by atoms with Gasteiger partial charge in [-0.3, -0.25) is 0 Å². The molecule has 1 saturated heterocycles. The van der Waals surface area contributed by atoms with Crippen molar-refractivity contribution in [2.75, 3.05) is 6.61 Å². The highest BCUT2D eigenvalue weighted by molar-refractivity contribution is 6.31. The van der Waals surface area contributed by atoms with E-state index in [2.05, 4.69) is 28.8 Å². The molecular formula is C18H17ClN2O. The van der Waals surface area contributed by atoms with E-state index in [-0.39, 0.29) is 6.10 Å². The van der Waals surface area contributed by atoms with Crippen molar-refractivity contribution in [2.24, 2.45) is 0 Å². The summed E-state index contributed by atoms with van der Waals surface area (Å²) in [6.07, 6.45) is 2.22. The number of rotatable bonds is 3. The van der Waals surface area contributed by atoms with Crippen molar-refractivity contribution in [3.05, 3.63) is 64.9 Å². The number of hydrogen-bond donors (Lipinski definition) is 0. The molecule has 1 aliphatic rings. The molecule has 1 aromatic heterocycles. The Morgan fingerprint density at radius 3 is 2.82 bits per heavy atom. The lowest BCUT2D eigenvalue weighted by molar-refractivity contribution is 0.103. The first-order valence-corrected chi connectivity index (χ1v) is 8.00. The second-order valence-electron chi connectivity index (χ2n) is 5.68. The largest absolute Gasteiger partial charge is 0.370 e. The summed E-state index contributed by atoms with van der Waals surface area (Å²) in [5.74, 6) is 1.01. The smallest absolute Gasteiger partial charge is 0.139 e. The van der Waals surface area contributed by atoms with E-state index in [0.717, 1.165) is 47.9 Å². The topological polar surface area (TPSA) is 27.1 Å². The number of imidazole rings is 1. The predicted molar refractivity (Wildman–Crippen MR) is 88.2 cm³/mol. The average Bonchev–Trinajstić information content (AvgIpc) is 3.17. The Kier molecular flexibility index (Phi) is 3.60. The molecule has 4 heteroatoms. The number of fused-ring (bicyclic) bond motifs is 1. The van der Waals surface area contributed by atoms with Crippen molar-refractivity contribution in [3.63, 3.8) is 0 Å². The van der Waals surface area contributed by atoms with E-state index in [1.165, 1.54) is 5.56 Å². The minimum absolute atomic E-state index is 0.0925. The van der Waals surface area contributed by atoms with E-state index in [4.69, 9.17) is 21.3 Å². The fourth-order valence-corrected chi connectivity index (χ4v) is 3.24. The van der Waals surface area contributed by atoms with Crippen LogP contribution in [0.2, 0.25) is 5.02 Å². The molecule has 112 valence electrons. The van der Waals surface area contributed by atoms with Gasteiger partial charge in [0.2, 0.25) is 0 Å². The molecule has 2 heterocycles. The molecule has 22 heavy (non-hydrogen) atoms. The molecule has 3 nitrogen and oxygen atoms in total. The lowest BCUT2D eigenvalue weighted by atomic mass is 10.2. The molecule has 0 saturated carbocycles. The Hall–Kier alpha value is -1.84. The molecule has 3 aromatic rings. The van der Waals surface area contributed by atoms with Crippen molar-refractivity contribution in [3.8, 4) is 0 Å². The molecule has 1 aliphatic heterocycles.